The Bertz CT molecular complexity index is 479. The van der Waals surface area contributed by atoms with Crippen molar-refractivity contribution < 1.29 is 0 Å². The third-order valence-corrected chi connectivity index (χ3v) is 3.25. The summed E-state index contributed by atoms with van der Waals surface area (Å²) in [5.41, 5.74) is 1.05. The zero-order valence-electron chi connectivity index (χ0n) is 9.22. The molecule has 0 bridgehead atoms. The van der Waals surface area contributed by atoms with E-state index in [-0.39, 0.29) is 0 Å². The van der Waals surface area contributed by atoms with E-state index >= 15 is 0 Å². The summed E-state index contributed by atoms with van der Waals surface area (Å²) in [6.07, 6.45) is 3.77. The quantitative estimate of drug-likeness (QED) is 0.768. The minimum atomic E-state index is 0.514. The van der Waals surface area contributed by atoms with Gasteiger partial charge in [-0.25, -0.2) is 4.98 Å². The predicted octanol–water partition coefficient (Wildman–Crippen LogP) is 4.03. The van der Waals surface area contributed by atoms with Gasteiger partial charge in [0.2, 0.25) is 0 Å². The summed E-state index contributed by atoms with van der Waals surface area (Å²) in [7, 11) is 0. The normalized spacial score (nSPS) is 11.0. The molecule has 0 fully saturated rings. The minimum Gasteiger partial charge on any atom is -0.295 e. The van der Waals surface area contributed by atoms with Crippen LogP contribution in [0.4, 0.5) is 0 Å². The molecule has 2 rings (SSSR count). The van der Waals surface area contributed by atoms with E-state index in [4.69, 9.17) is 11.6 Å². The van der Waals surface area contributed by atoms with Crippen molar-refractivity contribution in [2.75, 3.05) is 0 Å². The van der Waals surface area contributed by atoms with Crippen molar-refractivity contribution in [1.82, 2.24) is 9.55 Å². The first-order valence-corrected chi connectivity index (χ1v) is 6.38. The van der Waals surface area contributed by atoms with Gasteiger partial charge in [-0.3, -0.25) is 4.57 Å². The molecule has 0 aliphatic rings. The van der Waals surface area contributed by atoms with Crippen molar-refractivity contribution in [3.63, 3.8) is 0 Å². The molecular formula is C12H13ClN2S. The molecule has 0 N–H and O–H groups in total. The van der Waals surface area contributed by atoms with E-state index < -0.39 is 0 Å². The van der Waals surface area contributed by atoms with Gasteiger partial charge in [0.15, 0.2) is 5.16 Å². The SMILES string of the molecule is CC(C)Sc1nccn1-c1cccc(Cl)c1. The molecule has 0 atom stereocenters. The van der Waals surface area contributed by atoms with Crippen LogP contribution in [0.5, 0.6) is 0 Å². The molecule has 0 spiro atoms. The first kappa shape index (κ1) is 11.6. The predicted molar refractivity (Wildman–Crippen MR) is 69.6 cm³/mol. The third kappa shape index (κ3) is 2.60. The summed E-state index contributed by atoms with van der Waals surface area (Å²) >= 11 is 7.72. The van der Waals surface area contributed by atoms with Gasteiger partial charge in [0, 0.05) is 28.4 Å². The number of nitrogens with zero attached hydrogens (tertiary/aromatic N) is 2. The second-order valence-electron chi connectivity index (χ2n) is 3.73. The van der Waals surface area contributed by atoms with Crippen molar-refractivity contribution in [2.24, 2.45) is 0 Å². The lowest BCUT2D eigenvalue weighted by Crippen LogP contribution is -1.97. The van der Waals surface area contributed by atoms with Crippen LogP contribution in [0.1, 0.15) is 13.8 Å². The number of thioether (sulfide) groups is 1. The summed E-state index contributed by atoms with van der Waals surface area (Å²) in [6, 6.07) is 7.78. The minimum absolute atomic E-state index is 0.514. The smallest absolute Gasteiger partial charge is 0.172 e. The standard InChI is InChI=1S/C12H13ClN2S/c1-9(2)16-12-14-6-7-15(12)11-5-3-4-10(13)8-11/h3-9H,1-2H3. The van der Waals surface area contributed by atoms with Gasteiger partial charge in [0.1, 0.15) is 0 Å². The summed E-state index contributed by atoms with van der Waals surface area (Å²) in [6.45, 7) is 4.31. The van der Waals surface area contributed by atoms with Crippen LogP contribution in [0.2, 0.25) is 5.02 Å². The lowest BCUT2D eigenvalue weighted by molar-refractivity contribution is 0.888. The van der Waals surface area contributed by atoms with Crippen LogP contribution in [-0.4, -0.2) is 14.8 Å². The second-order valence-corrected chi connectivity index (χ2v) is 5.71. The average molecular weight is 253 g/mol. The number of rotatable bonds is 3. The van der Waals surface area contributed by atoms with E-state index in [1.807, 2.05) is 36.7 Å². The first-order valence-electron chi connectivity index (χ1n) is 5.13. The molecule has 0 aliphatic heterocycles. The molecule has 0 saturated heterocycles. The number of hydrogen-bond acceptors (Lipinski definition) is 2. The van der Waals surface area contributed by atoms with Gasteiger partial charge in [-0.15, -0.1) is 0 Å². The lowest BCUT2D eigenvalue weighted by Gasteiger charge is -2.09. The molecule has 1 aromatic heterocycles. The first-order chi connectivity index (χ1) is 7.66. The maximum absolute atomic E-state index is 5.98. The highest BCUT2D eigenvalue weighted by molar-refractivity contribution is 7.99. The summed E-state index contributed by atoms with van der Waals surface area (Å²) < 4.78 is 2.05. The Morgan fingerprint density at radius 1 is 1.38 bits per heavy atom. The summed E-state index contributed by atoms with van der Waals surface area (Å²) in [5.74, 6) is 0. The monoisotopic (exact) mass is 252 g/mol. The Labute approximate surface area is 105 Å². The number of aromatic nitrogens is 2. The molecule has 0 saturated carbocycles. The Kier molecular flexibility index (Phi) is 3.56. The van der Waals surface area contributed by atoms with E-state index in [1.54, 1.807) is 11.8 Å². The van der Waals surface area contributed by atoms with Crippen molar-refractivity contribution >= 4 is 23.4 Å². The average Bonchev–Trinajstić information content (AvgIpc) is 2.65. The highest BCUT2D eigenvalue weighted by atomic mass is 35.5. The van der Waals surface area contributed by atoms with E-state index in [0.717, 1.165) is 15.9 Å². The fourth-order valence-corrected chi connectivity index (χ4v) is 2.42. The molecule has 0 aliphatic carbocycles. The molecule has 1 aromatic carbocycles. The van der Waals surface area contributed by atoms with Crippen LogP contribution in [0.25, 0.3) is 5.69 Å². The molecule has 84 valence electrons. The number of benzene rings is 1. The van der Waals surface area contributed by atoms with E-state index in [0.29, 0.717) is 5.25 Å². The molecule has 2 nitrogen and oxygen atoms in total. The molecule has 0 radical (unpaired) electrons. The Morgan fingerprint density at radius 3 is 2.88 bits per heavy atom. The van der Waals surface area contributed by atoms with Crippen LogP contribution in [0.15, 0.2) is 41.8 Å². The van der Waals surface area contributed by atoms with Gasteiger partial charge in [-0.05, 0) is 18.2 Å². The van der Waals surface area contributed by atoms with Gasteiger partial charge in [-0.1, -0.05) is 43.3 Å². The number of hydrogen-bond donors (Lipinski definition) is 0. The van der Waals surface area contributed by atoms with Crippen LogP contribution in [0, 0.1) is 0 Å². The van der Waals surface area contributed by atoms with Crippen molar-refractivity contribution in [2.45, 2.75) is 24.3 Å². The van der Waals surface area contributed by atoms with Gasteiger partial charge in [0.05, 0.1) is 0 Å². The molecular weight excluding hydrogens is 240 g/mol. The molecule has 1 heterocycles. The lowest BCUT2D eigenvalue weighted by atomic mass is 10.3. The van der Waals surface area contributed by atoms with Gasteiger partial charge in [0.25, 0.3) is 0 Å². The van der Waals surface area contributed by atoms with Crippen LogP contribution in [-0.2, 0) is 0 Å². The van der Waals surface area contributed by atoms with Crippen LogP contribution in [0.3, 0.4) is 0 Å². The van der Waals surface area contributed by atoms with Crippen LogP contribution >= 0.6 is 23.4 Å². The maximum Gasteiger partial charge on any atom is 0.172 e. The molecule has 2 aromatic rings. The number of imidazole rings is 1. The molecule has 4 heteroatoms. The zero-order chi connectivity index (χ0) is 11.5. The fourth-order valence-electron chi connectivity index (χ4n) is 1.41. The van der Waals surface area contributed by atoms with E-state index in [9.17, 15) is 0 Å². The molecule has 0 unspecified atom stereocenters. The third-order valence-electron chi connectivity index (χ3n) is 2.03. The maximum atomic E-state index is 5.98. The van der Waals surface area contributed by atoms with Crippen molar-refractivity contribution in [3.8, 4) is 5.69 Å². The largest absolute Gasteiger partial charge is 0.295 e. The van der Waals surface area contributed by atoms with E-state index in [2.05, 4.69) is 23.4 Å². The second kappa shape index (κ2) is 4.93. The molecule has 0 amide bonds. The van der Waals surface area contributed by atoms with Gasteiger partial charge < -0.3 is 0 Å². The Morgan fingerprint density at radius 2 is 2.19 bits per heavy atom. The summed E-state index contributed by atoms with van der Waals surface area (Å²) in [5, 5.41) is 2.25. The van der Waals surface area contributed by atoms with Crippen molar-refractivity contribution in [3.05, 3.63) is 41.7 Å². The zero-order valence-corrected chi connectivity index (χ0v) is 10.8. The highest BCUT2D eigenvalue weighted by Gasteiger charge is 2.07. The number of halogens is 1. The molecule has 16 heavy (non-hydrogen) atoms. The topological polar surface area (TPSA) is 17.8 Å². The van der Waals surface area contributed by atoms with Gasteiger partial charge >= 0.3 is 0 Å². The van der Waals surface area contributed by atoms with E-state index in [1.165, 1.54) is 0 Å². The van der Waals surface area contributed by atoms with Gasteiger partial charge in [-0.2, -0.15) is 0 Å². The highest BCUT2D eigenvalue weighted by Crippen LogP contribution is 2.25. The van der Waals surface area contributed by atoms with Crippen molar-refractivity contribution in [1.29, 1.82) is 0 Å². The Hall–Kier alpha value is -0.930. The van der Waals surface area contributed by atoms with Crippen LogP contribution < -0.4 is 0 Å². The Balaban J connectivity index is 2.37. The summed E-state index contributed by atoms with van der Waals surface area (Å²) in [4.78, 5) is 4.35. The fraction of sp³-hybridized carbons (Fsp3) is 0.250.